The molecule has 0 unspecified atom stereocenters. The van der Waals surface area contributed by atoms with Crippen molar-refractivity contribution in [1.29, 1.82) is 0 Å². The average molecular weight is 479 g/mol. The molecule has 1 amide bonds. The van der Waals surface area contributed by atoms with Gasteiger partial charge in [-0.3, -0.25) is 4.79 Å². The van der Waals surface area contributed by atoms with Gasteiger partial charge in [-0.15, -0.1) is 5.10 Å². The number of nitrogen functional groups attached to an aromatic ring is 1. The fraction of sp³-hybridized carbons (Fsp3) is 0.360. The number of fused-ring (bicyclic) bond motifs is 3. The van der Waals surface area contributed by atoms with Crippen LogP contribution in [-0.2, 0) is 5.60 Å². The van der Waals surface area contributed by atoms with Crippen molar-refractivity contribution >= 4 is 28.4 Å². The van der Waals surface area contributed by atoms with Gasteiger partial charge in [-0.05, 0) is 56.4 Å². The summed E-state index contributed by atoms with van der Waals surface area (Å²) >= 11 is 0. The van der Waals surface area contributed by atoms with Gasteiger partial charge in [-0.2, -0.15) is 4.52 Å². The number of amides is 1. The smallest absolute Gasteiger partial charge is 0.254 e. The van der Waals surface area contributed by atoms with Crippen LogP contribution >= 0.6 is 0 Å². The molecule has 10 heteroatoms. The highest BCUT2D eigenvalue weighted by Crippen LogP contribution is 2.45. The molecule has 1 aliphatic carbocycles. The highest BCUT2D eigenvalue weighted by Gasteiger charge is 2.42. The first kappa shape index (κ1) is 21.8. The number of halogens is 2. The van der Waals surface area contributed by atoms with Gasteiger partial charge in [0.25, 0.3) is 5.91 Å². The zero-order valence-corrected chi connectivity index (χ0v) is 19.1. The van der Waals surface area contributed by atoms with Crippen LogP contribution in [0.2, 0.25) is 0 Å². The molecular weight excluding hydrogens is 454 g/mol. The largest absolute Gasteiger partial charge is 0.385 e. The maximum absolute atomic E-state index is 14.3. The van der Waals surface area contributed by atoms with Crippen LogP contribution in [0.3, 0.4) is 0 Å². The number of nitrogens with zero attached hydrogens (tertiary/aromatic N) is 5. The lowest BCUT2D eigenvalue weighted by Crippen LogP contribution is -2.45. The fourth-order valence-electron chi connectivity index (χ4n) is 4.94. The number of rotatable bonds is 3. The van der Waals surface area contributed by atoms with Crippen molar-refractivity contribution in [2.24, 2.45) is 0 Å². The van der Waals surface area contributed by atoms with Crippen LogP contribution in [0.1, 0.15) is 60.3 Å². The number of anilines is 1. The lowest BCUT2D eigenvalue weighted by Gasteiger charge is -2.37. The van der Waals surface area contributed by atoms with Gasteiger partial charge in [0, 0.05) is 30.1 Å². The second-order valence-electron chi connectivity index (χ2n) is 9.65. The first-order valence-electron chi connectivity index (χ1n) is 11.7. The Morgan fingerprint density at radius 1 is 1.14 bits per heavy atom. The Balaban J connectivity index is 1.31. The van der Waals surface area contributed by atoms with Gasteiger partial charge in [-0.25, -0.2) is 18.7 Å². The second kappa shape index (κ2) is 7.67. The minimum Gasteiger partial charge on any atom is -0.385 e. The normalized spacial score (nSPS) is 21.5. The summed E-state index contributed by atoms with van der Waals surface area (Å²) in [5.74, 6) is -1.43. The molecule has 3 heterocycles. The number of carbonyl (C=O) groups is 1. The number of likely N-dealkylation sites (tertiary alicyclic amines) is 1. The molecule has 2 fully saturated rings. The summed E-state index contributed by atoms with van der Waals surface area (Å²) in [5, 5.41) is 15.0. The van der Waals surface area contributed by atoms with Crippen molar-refractivity contribution in [1.82, 2.24) is 24.5 Å². The Hall–Kier alpha value is -3.66. The van der Waals surface area contributed by atoms with E-state index < -0.39 is 17.2 Å². The Morgan fingerprint density at radius 3 is 2.60 bits per heavy atom. The van der Waals surface area contributed by atoms with Crippen LogP contribution in [-0.4, -0.2) is 48.1 Å². The van der Waals surface area contributed by atoms with Gasteiger partial charge in [0.05, 0.1) is 11.0 Å². The Bertz CT molecular complexity index is 1480. The van der Waals surface area contributed by atoms with E-state index in [9.17, 15) is 18.7 Å². The molecule has 8 nitrogen and oxygen atoms in total. The van der Waals surface area contributed by atoms with Crippen LogP contribution < -0.4 is 5.73 Å². The van der Waals surface area contributed by atoms with E-state index in [4.69, 9.17) is 5.73 Å². The maximum atomic E-state index is 14.3. The van der Waals surface area contributed by atoms with Crippen LogP contribution in [0.15, 0.2) is 36.4 Å². The van der Waals surface area contributed by atoms with Crippen molar-refractivity contribution in [2.45, 2.75) is 50.2 Å². The predicted octanol–water partition coefficient (Wildman–Crippen LogP) is 3.53. The molecule has 2 aromatic heterocycles. The first-order valence-corrected chi connectivity index (χ1v) is 11.7. The summed E-state index contributed by atoms with van der Waals surface area (Å²) in [6.45, 7) is 2.41. The number of hydrogen-bond donors (Lipinski definition) is 2. The summed E-state index contributed by atoms with van der Waals surface area (Å²) in [6, 6.07) is 9.10. The summed E-state index contributed by atoms with van der Waals surface area (Å²) < 4.78 is 29.5. The number of piperidine rings is 1. The van der Waals surface area contributed by atoms with Gasteiger partial charge >= 0.3 is 0 Å². The number of aliphatic hydroxyl groups is 1. The van der Waals surface area contributed by atoms with Gasteiger partial charge in [0.2, 0.25) is 5.95 Å². The molecule has 4 aromatic rings. The van der Waals surface area contributed by atoms with Crippen molar-refractivity contribution < 1.29 is 18.7 Å². The van der Waals surface area contributed by atoms with E-state index in [0.29, 0.717) is 17.9 Å². The quantitative estimate of drug-likeness (QED) is 0.466. The molecule has 0 radical (unpaired) electrons. The molecule has 0 bridgehead atoms. The van der Waals surface area contributed by atoms with E-state index in [1.165, 1.54) is 10.6 Å². The van der Waals surface area contributed by atoms with Crippen LogP contribution in [0.5, 0.6) is 0 Å². The number of hydrogen-bond acceptors (Lipinski definition) is 6. The Labute approximate surface area is 199 Å². The van der Waals surface area contributed by atoms with E-state index >= 15 is 0 Å². The molecule has 1 saturated heterocycles. The predicted molar refractivity (Wildman–Crippen MR) is 125 cm³/mol. The minimum absolute atomic E-state index is 0.0267. The van der Waals surface area contributed by atoms with Gasteiger partial charge in [0.1, 0.15) is 11.3 Å². The fourth-order valence-corrected chi connectivity index (χ4v) is 4.94. The SMILES string of the molecule is C[C@H]1CC[C@@H](c2nc3c4cc(F)cc(F)c4nc(N)n3n2)CN1C(=O)c1ccc(C2(O)CC2)cc1. The number of aromatic nitrogens is 4. The maximum Gasteiger partial charge on any atom is 0.254 e. The third kappa shape index (κ3) is 3.59. The molecule has 3 N–H and O–H groups in total. The van der Waals surface area contributed by atoms with Crippen molar-refractivity contribution in [2.75, 3.05) is 12.3 Å². The molecule has 1 aliphatic heterocycles. The van der Waals surface area contributed by atoms with E-state index in [1.807, 2.05) is 19.1 Å². The van der Waals surface area contributed by atoms with Gasteiger partial charge in [-0.1, -0.05) is 12.1 Å². The molecule has 35 heavy (non-hydrogen) atoms. The van der Waals surface area contributed by atoms with E-state index in [2.05, 4.69) is 15.1 Å². The highest BCUT2D eigenvalue weighted by atomic mass is 19.1. The number of nitrogens with two attached hydrogens (primary N) is 1. The number of carbonyl (C=O) groups excluding carboxylic acids is 1. The standard InChI is InChI=1S/C25H24F2N6O2/c1-13-2-3-15(12-32(13)23(34)14-4-6-16(7-5-14)25(35)8-9-25)21-30-22-18-10-17(26)11-19(27)20(18)29-24(28)33(22)31-21/h4-7,10-11,13,15,35H,2-3,8-9,12H2,1H3,(H2,28,29)/t13-,15+/m0/s1. The molecular formula is C25H24F2N6O2. The zero-order valence-electron chi connectivity index (χ0n) is 19.1. The summed E-state index contributed by atoms with van der Waals surface area (Å²) in [4.78, 5) is 23.8. The Kier molecular flexibility index (Phi) is 4.79. The summed E-state index contributed by atoms with van der Waals surface area (Å²) in [6.07, 6.45) is 2.99. The van der Waals surface area contributed by atoms with Crippen LogP contribution in [0, 0.1) is 11.6 Å². The van der Waals surface area contributed by atoms with Gasteiger partial charge in [0.15, 0.2) is 17.3 Å². The second-order valence-corrected chi connectivity index (χ2v) is 9.65. The van der Waals surface area contributed by atoms with E-state index in [0.717, 1.165) is 37.3 Å². The lowest BCUT2D eigenvalue weighted by molar-refractivity contribution is 0.0606. The minimum atomic E-state index is -0.818. The van der Waals surface area contributed by atoms with Crippen LogP contribution in [0.25, 0.3) is 16.6 Å². The topological polar surface area (TPSA) is 110 Å². The van der Waals surface area contributed by atoms with Gasteiger partial charge < -0.3 is 15.7 Å². The van der Waals surface area contributed by atoms with Crippen molar-refractivity contribution in [3.63, 3.8) is 0 Å². The molecule has 6 rings (SSSR count). The molecule has 2 aromatic carbocycles. The molecule has 0 spiro atoms. The zero-order chi connectivity index (χ0) is 24.5. The molecule has 2 aliphatic rings. The van der Waals surface area contributed by atoms with Crippen molar-refractivity contribution in [3.8, 4) is 0 Å². The monoisotopic (exact) mass is 478 g/mol. The highest BCUT2D eigenvalue weighted by molar-refractivity contribution is 5.95. The summed E-state index contributed by atoms with van der Waals surface area (Å²) in [5.41, 5.74) is 6.80. The Morgan fingerprint density at radius 2 is 1.89 bits per heavy atom. The third-order valence-corrected chi connectivity index (χ3v) is 7.24. The molecule has 2 atom stereocenters. The van der Waals surface area contributed by atoms with Crippen LogP contribution in [0.4, 0.5) is 14.7 Å². The summed E-state index contributed by atoms with van der Waals surface area (Å²) in [7, 11) is 0. The first-order chi connectivity index (χ1) is 16.7. The van der Waals surface area contributed by atoms with E-state index in [-0.39, 0.29) is 40.4 Å². The van der Waals surface area contributed by atoms with E-state index in [1.54, 1.807) is 17.0 Å². The molecule has 1 saturated carbocycles. The molecule has 180 valence electrons. The lowest BCUT2D eigenvalue weighted by atomic mass is 9.92. The average Bonchev–Trinajstić information content (AvgIpc) is 3.42. The third-order valence-electron chi connectivity index (χ3n) is 7.24. The number of benzene rings is 2. The van der Waals surface area contributed by atoms with Crippen molar-refractivity contribution in [3.05, 3.63) is 65.0 Å².